The van der Waals surface area contributed by atoms with Gasteiger partial charge in [0, 0.05) is 42.7 Å². The minimum Gasteiger partial charge on any atom is -0.491 e. The molecule has 1 amide bonds. The predicted molar refractivity (Wildman–Crippen MR) is 157 cm³/mol. The summed E-state index contributed by atoms with van der Waals surface area (Å²) in [4.78, 5) is 28.2. The van der Waals surface area contributed by atoms with Crippen molar-refractivity contribution in [3.63, 3.8) is 0 Å². The van der Waals surface area contributed by atoms with Crippen LogP contribution in [0, 0.1) is 6.92 Å². The lowest BCUT2D eigenvalue weighted by molar-refractivity contribution is -0.138. The standard InChI is InChI=1S/C30H32F3N7O2/c1-19-11-12-20(16-24(19)38-28-21(8-6-13-35-28)25-17-26(34-2)37-18-36-25)29(41)39-23-10-5-9-22(30(31,32)33)27(23)42-15-7-14-40(3)4/h5-6,8-13,16-18H,7,14-15H2,1-4H3,(H,35,38)(H,39,41)(H,34,36,37). The molecule has 0 saturated carbocycles. The van der Waals surface area contributed by atoms with Crippen LogP contribution < -0.4 is 20.7 Å². The predicted octanol–water partition coefficient (Wildman–Crippen LogP) is 6.23. The van der Waals surface area contributed by atoms with Crippen LogP contribution >= 0.6 is 0 Å². The zero-order chi connectivity index (χ0) is 30.3. The molecule has 0 saturated heterocycles. The van der Waals surface area contributed by atoms with E-state index in [0.29, 0.717) is 41.5 Å². The van der Waals surface area contributed by atoms with Gasteiger partial charge in [-0.25, -0.2) is 15.0 Å². The molecule has 2 heterocycles. The Balaban J connectivity index is 1.60. The first-order chi connectivity index (χ1) is 20.1. The lowest BCUT2D eigenvalue weighted by atomic mass is 10.1. The Morgan fingerprint density at radius 2 is 1.81 bits per heavy atom. The zero-order valence-electron chi connectivity index (χ0n) is 23.7. The summed E-state index contributed by atoms with van der Waals surface area (Å²) in [6.45, 7) is 2.56. The first-order valence-corrected chi connectivity index (χ1v) is 13.2. The van der Waals surface area contributed by atoms with Crippen LogP contribution in [0.2, 0.25) is 0 Å². The van der Waals surface area contributed by atoms with Crippen molar-refractivity contribution < 1.29 is 22.7 Å². The molecule has 0 atom stereocenters. The highest BCUT2D eigenvalue weighted by atomic mass is 19.4. The summed E-state index contributed by atoms with van der Waals surface area (Å²) < 4.78 is 47.0. The summed E-state index contributed by atoms with van der Waals surface area (Å²) in [5.74, 6) is 0.142. The first-order valence-electron chi connectivity index (χ1n) is 13.2. The normalized spacial score (nSPS) is 11.3. The van der Waals surface area contributed by atoms with Crippen LogP contribution in [0.15, 0.2) is 67.1 Å². The van der Waals surface area contributed by atoms with Gasteiger partial charge in [0.05, 0.1) is 23.6 Å². The van der Waals surface area contributed by atoms with Gasteiger partial charge in [-0.3, -0.25) is 4.79 Å². The van der Waals surface area contributed by atoms with Gasteiger partial charge in [0.1, 0.15) is 18.0 Å². The Labute approximate surface area is 242 Å². The van der Waals surface area contributed by atoms with Crippen LogP contribution in [0.5, 0.6) is 5.75 Å². The monoisotopic (exact) mass is 579 g/mol. The number of carbonyl (C=O) groups is 1. The maximum Gasteiger partial charge on any atom is 0.420 e. The number of nitrogens with one attached hydrogen (secondary N) is 3. The van der Waals surface area contributed by atoms with E-state index in [1.807, 2.05) is 32.0 Å². The second-order valence-corrected chi connectivity index (χ2v) is 9.73. The van der Waals surface area contributed by atoms with E-state index in [4.69, 9.17) is 4.74 Å². The van der Waals surface area contributed by atoms with Crippen LogP contribution in [0.25, 0.3) is 11.3 Å². The van der Waals surface area contributed by atoms with Gasteiger partial charge >= 0.3 is 6.18 Å². The number of alkyl halides is 3. The van der Waals surface area contributed by atoms with E-state index in [1.165, 1.54) is 18.5 Å². The first kappa shape index (κ1) is 30.3. The fourth-order valence-electron chi connectivity index (χ4n) is 4.14. The quantitative estimate of drug-likeness (QED) is 0.180. The molecule has 42 heavy (non-hydrogen) atoms. The Kier molecular flexibility index (Phi) is 9.58. The third-order valence-electron chi connectivity index (χ3n) is 6.32. The molecule has 0 unspecified atom stereocenters. The molecule has 0 aliphatic heterocycles. The number of nitrogens with zero attached hydrogens (tertiary/aromatic N) is 4. The van der Waals surface area contributed by atoms with E-state index in [9.17, 15) is 18.0 Å². The minimum absolute atomic E-state index is 0.0568. The number of rotatable bonds is 11. The van der Waals surface area contributed by atoms with Gasteiger partial charge in [-0.1, -0.05) is 12.1 Å². The summed E-state index contributed by atoms with van der Waals surface area (Å²) in [6.07, 6.45) is -1.06. The molecule has 0 bridgehead atoms. The number of amides is 1. The number of benzene rings is 2. The number of halogens is 3. The Morgan fingerprint density at radius 1 is 1.00 bits per heavy atom. The summed E-state index contributed by atoms with van der Waals surface area (Å²) in [6, 6.07) is 14.0. The number of para-hydroxylation sites is 1. The van der Waals surface area contributed by atoms with Crippen LogP contribution in [0.1, 0.15) is 27.9 Å². The number of hydrogen-bond acceptors (Lipinski definition) is 8. The third kappa shape index (κ3) is 7.52. The molecule has 0 aliphatic rings. The molecular weight excluding hydrogens is 547 g/mol. The molecule has 0 spiro atoms. The summed E-state index contributed by atoms with van der Waals surface area (Å²) in [5.41, 5.74) is 1.98. The topological polar surface area (TPSA) is 104 Å². The maximum absolute atomic E-state index is 13.8. The number of pyridine rings is 1. The molecule has 0 fully saturated rings. The number of aryl methyl sites for hydroxylation is 1. The number of hydrogen-bond donors (Lipinski definition) is 3. The summed E-state index contributed by atoms with van der Waals surface area (Å²) >= 11 is 0. The van der Waals surface area contributed by atoms with Crippen molar-refractivity contribution in [3.05, 3.63) is 83.8 Å². The smallest absolute Gasteiger partial charge is 0.420 e. The van der Waals surface area contributed by atoms with E-state index in [0.717, 1.165) is 11.6 Å². The molecule has 4 aromatic rings. The highest BCUT2D eigenvalue weighted by Gasteiger charge is 2.35. The SMILES string of the molecule is CNc1cc(-c2cccnc2Nc2cc(C(=O)Nc3cccc(C(F)(F)F)c3OCCCN(C)C)ccc2C)ncn1. The minimum atomic E-state index is -4.66. The highest BCUT2D eigenvalue weighted by molar-refractivity contribution is 6.06. The average molecular weight is 580 g/mol. The molecule has 4 rings (SSSR count). The fourth-order valence-corrected chi connectivity index (χ4v) is 4.14. The summed E-state index contributed by atoms with van der Waals surface area (Å²) in [5, 5.41) is 8.86. The van der Waals surface area contributed by atoms with Crippen LogP contribution in [-0.4, -0.2) is 60.1 Å². The largest absolute Gasteiger partial charge is 0.491 e. The van der Waals surface area contributed by atoms with Gasteiger partial charge in [0.15, 0.2) is 5.75 Å². The van der Waals surface area contributed by atoms with Gasteiger partial charge in [-0.15, -0.1) is 0 Å². The Hall–Kier alpha value is -4.71. The lowest BCUT2D eigenvalue weighted by Gasteiger charge is -2.19. The van der Waals surface area contributed by atoms with Crippen molar-refractivity contribution in [1.29, 1.82) is 0 Å². The van der Waals surface area contributed by atoms with Gasteiger partial charge in [0.25, 0.3) is 5.91 Å². The van der Waals surface area contributed by atoms with Crippen LogP contribution in [0.3, 0.4) is 0 Å². The van der Waals surface area contributed by atoms with Gasteiger partial charge in [-0.2, -0.15) is 13.2 Å². The second-order valence-electron chi connectivity index (χ2n) is 9.73. The lowest BCUT2D eigenvalue weighted by Crippen LogP contribution is -2.18. The number of aromatic nitrogens is 3. The van der Waals surface area contributed by atoms with Crippen LogP contribution in [-0.2, 0) is 6.18 Å². The second kappa shape index (κ2) is 13.3. The maximum atomic E-state index is 13.8. The number of carbonyl (C=O) groups excluding carboxylic acids is 1. The van der Waals surface area contributed by atoms with Crippen molar-refractivity contribution in [2.45, 2.75) is 19.5 Å². The van der Waals surface area contributed by atoms with Gasteiger partial charge in [-0.05, 0) is 69.4 Å². The van der Waals surface area contributed by atoms with E-state index in [2.05, 4.69) is 30.9 Å². The van der Waals surface area contributed by atoms with Crippen molar-refractivity contribution in [3.8, 4) is 17.0 Å². The molecule has 12 heteroatoms. The molecule has 0 radical (unpaired) electrons. The van der Waals surface area contributed by atoms with Crippen LogP contribution in [0.4, 0.5) is 36.2 Å². The fraction of sp³-hybridized carbons (Fsp3) is 0.267. The highest BCUT2D eigenvalue weighted by Crippen LogP contribution is 2.41. The summed E-state index contributed by atoms with van der Waals surface area (Å²) in [7, 11) is 5.49. The number of anilines is 4. The van der Waals surface area contributed by atoms with E-state index in [-0.39, 0.29) is 17.9 Å². The van der Waals surface area contributed by atoms with E-state index >= 15 is 0 Å². The number of ether oxygens (including phenoxy) is 1. The molecule has 2 aromatic carbocycles. The molecule has 220 valence electrons. The average Bonchev–Trinajstić information content (AvgIpc) is 2.96. The molecule has 3 N–H and O–H groups in total. The molecule has 0 aliphatic carbocycles. The zero-order valence-corrected chi connectivity index (χ0v) is 23.7. The van der Waals surface area contributed by atoms with Crippen molar-refractivity contribution >= 4 is 28.9 Å². The molecular formula is C30H32F3N7O2. The Bertz CT molecular complexity index is 1540. The van der Waals surface area contributed by atoms with E-state index in [1.54, 1.807) is 43.6 Å². The van der Waals surface area contributed by atoms with E-state index < -0.39 is 23.4 Å². The van der Waals surface area contributed by atoms with Crippen molar-refractivity contribution in [2.24, 2.45) is 0 Å². The van der Waals surface area contributed by atoms with Gasteiger partial charge in [0.2, 0.25) is 0 Å². The van der Waals surface area contributed by atoms with Crippen molar-refractivity contribution in [1.82, 2.24) is 19.9 Å². The Morgan fingerprint density at radius 3 is 2.55 bits per heavy atom. The van der Waals surface area contributed by atoms with Gasteiger partial charge < -0.3 is 25.6 Å². The third-order valence-corrected chi connectivity index (χ3v) is 6.32. The molecule has 2 aromatic heterocycles. The van der Waals surface area contributed by atoms with Crippen molar-refractivity contribution in [2.75, 3.05) is 50.2 Å². The molecule has 9 nitrogen and oxygen atoms in total.